The van der Waals surface area contributed by atoms with E-state index in [4.69, 9.17) is 0 Å². The van der Waals surface area contributed by atoms with E-state index in [0.717, 1.165) is 0 Å². The third-order valence-corrected chi connectivity index (χ3v) is 2.64. The molecule has 0 spiro atoms. The standard InChI is InChI=1S/C6H7.2BrH.Zr/c1-6-4-2-3-5-6;;;/h2,4H,3H2,1H3;2*1H;/q;;;+2/p-2. The largest absolute Gasteiger partial charge is 1.00 e. The van der Waals surface area contributed by atoms with Gasteiger partial charge in [-0.1, -0.05) is 0 Å². The molecule has 0 aliphatic heterocycles. The van der Waals surface area contributed by atoms with Gasteiger partial charge in [0.2, 0.25) is 0 Å². The van der Waals surface area contributed by atoms with Gasteiger partial charge in [0.1, 0.15) is 0 Å². The van der Waals surface area contributed by atoms with Gasteiger partial charge in [-0.25, -0.2) is 0 Å². The maximum atomic E-state index is 2.22. The van der Waals surface area contributed by atoms with Crippen LogP contribution in [0.5, 0.6) is 0 Å². The zero-order chi connectivity index (χ0) is 5.28. The molecule has 0 saturated heterocycles. The molecule has 49 valence electrons. The van der Waals surface area contributed by atoms with Crippen LogP contribution in [-0.2, 0) is 24.7 Å². The Morgan fingerprint density at radius 1 is 1.44 bits per heavy atom. The second-order valence-electron chi connectivity index (χ2n) is 1.77. The Morgan fingerprint density at radius 2 is 2.00 bits per heavy atom. The molecule has 1 aliphatic carbocycles. The van der Waals surface area contributed by atoms with E-state index in [1.165, 1.54) is 12.0 Å². The van der Waals surface area contributed by atoms with Gasteiger partial charge in [-0.2, -0.15) is 0 Å². The fourth-order valence-electron chi connectivity index (χ4n) is 0.615. The van der Waals surface area contributed by atoms with Crippen LogP contribution in [0.15, 0.2) is 21.0 Å². The maximum Gasteiger partial charge on any atom is -1.00 e. The third-order valence-electron chi connectivity index (χ3n) is 1.17. The molecule has 0 amide bonds. The Kier molecular flexibility index (Phi) is 8.72. The van der Waals surface area contributed by atoms with Crippen LogP contribution in [0.4, 0.5) is 0 Å². The van der Waals surface area contributed by atoms with Crippen LogP contribution in [0.25, 0.3) is 0 Å². The molecule has 1 aliphatic rings. The van der Waals surface area contributed by atoms with E-state index in [2.05, 4.69) is 19.1 Å². The Morgan fingerprint density at radius 3 is 2.11 bits per heavy atom. The smallest absolute Gasteiger partial charge is 1.00 e. The molecule has 0 bridgehead atoms. The van der Waals surface area contributed by atoms with Crippen LogP contribution >= 0.6 is 0 Å². The number of rotatable bonds is 0. The Balaban J connectivity index is 0. The summed E-state index contributed by atoms with van der Waals surface area (Å²) in [4.78, 5) is 0. The summed E-state index contributed by atoms with van der Waals surface area (Å²) in [7, 11) is 0. The monoisotopic (exact) mass is 327 g/mol. The summed E-state index contributed by atoms with van der Waals surface area (Å²) >= 11 is 1.58. The third kappa shape index (κ3) is 3.90. The molecule has 1 rings (SSSR count). The second kappa shape index (κ2) is 6.06. The van der Waals surface area contributed by atoms with Crippen LogP contribution in [0.2, 0.25) is 0 Å². The fourth-order valence-corrected chi connectivity index (χ4v) is 1.11. The second-order valence-corrected chi connectivity index (χ2v) is 3.25. The molecule has 9 heavy (non-hydrogen) atoms. The van der Waals surface area contributed by atoms with Crippen molar-refractivity contribution in [3.05, 3.63) is 21.0 Å². The predicted molar refractivity (Wildman–Crippen MR) is 26.5 cm³/mol. The minimum atomic E-state index is 0. The van der Waals surface area contributed by atoms with E-state index in [0.29, 0.717) is 0 Å². The fraction of sp³-hybridized carbons (Fsp3) is 0.333. The van der Waals surface area contributed by atoms with E-state index in [9.17, 15) is 0 Å². The first-order valence-electron chi connectivity index (χ1n) is 2.38. The first kappa shape index (κ1) is 13.0. The van der Waals surface area contributed by atoms with Gasteiger partial charge < -0.3 is 34.0 Å². The molecule has 0 aromatic heterocycles. The van der Waals surface area contributed by atoms with Crippen molar-refractivity contribution in [2.75, 3.05) is 0 Å². The normalized spacial score (nSPS) is 15.0. The zero-order valence-electron chi connectivity index (χ0n) is 5.12. The predicted octanol–water partition coefficient (Wildman–Crippen LogP) is -4.22. The first-order chi connectivity index (χ1) is 3.30. The molecule has 0 N–H and O–H groups in total. The Hall–Kier alpha value is 1.32. The molecule has 0 aromatic rings. The summed E-state index contributed by atoms with van der Waals surface area (Å²) in [5, 5.41) is 0. The molecule has 0 atom stereocenters. The van der Waals surface area contributed by atoms with Gasteiger partial charge in [-0.05, 0) is 0 Å². The van der Waals surface area contributed by atoms with E-state index in [-0.39, 0.29) is 34.0 Å². The molecule has 0 unspecified atom stereocenters. The summed E-state index contributed by atoms with van der Waals surface area (Å²) in [5.41, 5.74) is 1.48. The van der Waals surface area contributed by atoms with Gasteiger partial charge in [0.25, 0.3) is 0 Å². The molecule has 3 heteroatoms. The van der Waals surface area contributed by atoms with E-state index in [1.807, 2.05) is 0 Å². The van der Waals surface area contributed by atoms with Crippen LogP contribution < -0.4 is 34.0 Å². The number of hydrogen-bond donors (Lipinski definition) is 0. The van der Waals surface area contributed by atoms with Crippen LogP contribution in [-0.4, -0.2) is 0 Å². The minimum absolute atomic E-state index is 0. The van der Waals surface area contributed by atoms with Crippen molar-refractivity contribution >= 4 is 0 Å². The van der Waals surface area contributed by atoms with Gasteiger partial charge in [-0.15, -0.1) is 0 Å². The molecular formula is C6H7Br2Zr. The Bertz CT molecular complexity index is 138. The van der Waals surface area contributed by atoms with Crippen LogP contribution in [0, 0.1) is 0 Å². The van der Waals surface area contributed by atoms with Gasteiger partial charge in [0, 0.05) is 0 Å². The topological polar surface area (TPSA) is 0 Å². The zero-order valence-corrected chi connectivity index (χ0v) is 10.7. The van der Waals surface area contributed by atoms with Crippen LogP contribution in [0.3, 0.4) is 0 Å². The summed E-state index contributed by atoms with van der Waals surface area (Å²) in [6.45, 7) is 2.17. The SMILES string of the molecule is CC1=[C]([Zr+2])CC=C1.[Br-].[Br-]. The molecule has 0 aromatic carbocycles. The van der Waals surface area contributed by atoms with Crippen molar-refractivity contribution < 1.29 is 58.7 Å². The molecule has 0 radical (unpaired) electrons. The average molecular weight is 330 g/mol. The summed E-state index contributed by atoms with van der Waals surface area (Å²) in [5.74, 6) is 0. The van der Waals surface area contributed by atoms with Crippen LogP contribution in [0.1, 0.15) is 13.3 Å². The molecule has 0 nitrogen and oxygen atoms in total. The van der Waals surface area contributed by atoms with Gasteiger partial charge in [0.05, 0.1) is 0 Å². The first-order valence-corrected chi connectivity index (χ1v) is 3.61. The Labute approximate surface area is 92.2 Å². The summed E-state index contributed by atoms with van der Waals surface area (Å²) < 4.78 is 1.60. The maximum absolute atomic E-state index is 2.22. The van der Waals surface area contributed by atoms with Crippen molar-refractivity contribution in [1.29, 1.82) is 0 Å². The average Bonchev–Trinajstić information content (AvgIpc) is 1.91. The van der Waals surface area contributed by atoms with Crippen molar-refractivity contribution in [2.45, 2.75) is 13.3 Å². The van der Waals surface area contributed by atoms with E-state index < -0.39 is 0 Å². The number of hydrogen-bond acceptors (Lipinski definition) is 0. The van der Waals surface area contributed by atoms with Crippen molar-refractivity contribution in [1.82, 2.24) is 0 Å². The van der Waals surface area contributed by atoms with Crippen molar-refractivity contribution in [2.24, 2.45) is 0 Å². The molecule has 0 heterocycles. The summed E-state index contributed by atoms with van der Waals surface area (Å²) in [6.07, 6.45) is 5.63. The quantitative estimate of drug-likeness (QED) is 0.422. The summed E-state index contributed by atoms with van der Waals surface area (Å²) in [6, 6.07) is 0. The van der Waals surface area contributed by atoms with Crippen molar-refractivity contribution in [3.8, 4) is 0 Å². The van der Waals surface area contributed by atoms with E-state index in [1.54, 1.807) is 28.0 Å². The molecule has 0 saturated carbocycles. The van der Waals surface area contributed by atoms with E-state index >= 15 is 0 Å². The molecule has 0 fully saturated rings. The number of halogens is 2. The van der Waals surface area contributed by atoms with Gasteiger partial charge >= 0.3 is 59.1 Å². The number of allylic oxidation sites excluding steroid dienone is 4. The minimum Gasteiger partial charge on any atom is -1.00 e. The van der Waals surface area contributed by atoms with Gasteiger partial charge in [0.15, 0.2) is 0 Å². The molecular weight excluding hydrogens is 323 g/mol. The van der Waals surface area contributed by atoms with Gasteiger partial charge in [-0.3, -0.25) is 0 Å². The van der Waals surface area contributed by atoms with Crippen molar-refractivity contribution in [3.63, 3.8) is 0 Å².